The summed E-state index contributed by atoms with van der Waals surface area (Å²) in [6.07, 6.45) is 2.11. The Balaban J connectivity index is 2.82. The van der Waals surface area contributed by atoms with E-state index in [0.29, 0.717) is 18.7 Å². The zero-order valence-electron chi connectivity index (χ0n) is 10.5. The molecule has 0 aromatic rings. The van der Waals surface area contributed by atoms with Gasteiger partial charge in [-0.05, 0) is 6.42 Å². The van der Waals surface area contributed by atoms with Crippen LogP contribution in [0.2, 0.25) is 0 Å². The molecule has 0 aromatic carbocycles. The lowest BCUT2D eigenvalue weighted by Gasteiger charge is -2.33. The zero-order valence-corrected chi connectivity index (χ0v) is 10.5. The van der Waals surface area contributed by atoms with Crippen LogP contribution in [0, 0.1) is 5.92 Å². The van der Waals surface area contributed by atoms with E-state index in [-0.39, 0.29) is 18.7 Å². The van der Waals surface area contributed by atoms with E-state index < -0.39 is 17.9 Å². The monoisotopic (exact) mass is 255 g/mol. The summed E-state index contributed by atoms with van der Waals surface area (Å²) in [6, 6.07) is 0. The Morgan fingerprint density at radius 2 is 2.22 bits per heavy atom. The van der Waals surface area contributed by atoms with Gasteiger partial charge >= 0.3 is 11.9 Å². The summed E-state index contributed by atoms with van der Waals surface area (Å²) in [6.45, 7) is 2.42. The Morgan fingerprint density at radius 3 is 2.72 bits per heavy atom. The maximum absolute atomic E-state index is 11.5. The topological polar surface area (TPSA) is 83.9 Å². The number of nitrogens with zero attached hydrogens (tertiary/aromatic N) is 1. The smallest absolute Gasteiger partial charge is 0.332 e. The number of ketones is 1. The number of hydrogen-bond acceptors (Lipinski definition) is 5. The number of hydrogen-bond donors (Lipinski definition) is 1. The Bertz CT molecular complexity index is 388. The predicted octanol–water partition coefficient (Wildman–Crippen LogP) is 0.429. The van der Waals surface area contributed by atoms with E-state index in [0.717, 1.165) is 0 Å². The Kier molecular flexibility index (Phi) is 4.88. The average Bonchev–Trinajstić information content (AvgIpc) is 2.36. The van der Waals surface area contributed by atoms with Crippen LogP contribution in [0.15, 0.2) is 11.8 Å². The number of carboxylic acid groups (broad SMARTS) is 1. The van der Waals surface area contributed by atoms with Crippen molar-refractivity contribution in [1.82, 2.24) is 4.90 Å². The molecule has 1 aliphatic rings. The summed E-state index contributed by atoms with van der Waals surface area (Å²) in [5.41, 5.74) is 0.695. The van der Waals surface area contributed by atoms with E-state index in [1.165, 1.54) is 13.2 Å². The van der Waals surface area contributed by atoms with Crippen molar-refractivity contribution in [3.05, 3.63) is 11.8 Å². The van der Waals surface area contributed by atoms with Gasteiger partial charge in [0.2, 0.25) is 0 Å². The van der Waals surface area contributed by atoms with Gasteiger partial charge in [-0.15, -0.1) is 0 Å². The van der Waals surface area contributed by atoms with Gasteiger partial charge in [0, 0.05) is 31.3 Å². The fraction of sp³-hybridized carbons (Fsp3) is 0.583. The first-order chi connectivity index (χ1) is 8.49. The Morgan fingerprint density at radius 1 is 1.56 bits per heavy atom. The van der Waals surface area contributed by atoms with Gasteiger partial charge in [-0.2, -0.15) is 0 Å². The molecule has 0 radical (unpaired) electrons. The third-order valence-corrected chi connectivity index (χ3v) is 2.97. The molecule has 1 fully saturated rings. The first kappa shape index (κ1) is 14.2. The second kappa shape index (κ2) is 6.18. The van der Waals surface area contributed by atoms with Crippen LogP contribution in [-0.2, 0) is 19.1 Å². The quantitative estimate of drug-likeness (QED) is 0.445. The van der Waals surface area contributed by atoms with Crippen molar-refractivity contribution < 1.29 is 24.2 Å². The van der Waals surface area contributed by atoms with Crippen LogP contribution in [0.5, 0.6) is 0 Å². The zero-order chi connectivity index (χ0) is 13.7. The highest BCUT2D eigenvalue weighted by Crippen LogP contribution is 2.19. The normalized spacial score (nSPS) is 20.8. The van der Waals surface area contributed by atoms with E-state index >= 15 is 0 Å². The number of carbonyl (C=O) groups excluding carboxylic acids is 2. The van der Waals surface area contributed by atoms with Gasteiger partial charge in [0.05, 0.1) is 7.11 Å². The molecule has 6 heteroatoms. The van der Waals surface area contributed by atoms with Crippen molar-refractivity contribution >= 4 is 17.7 Å². The average molecular weight is 255 g/mol. The first-order valence-electron chi connectivity index (χ1n) is 5.78. The van der Waals surface area contributed by atoms with Crippen molar-refractivity contribution in [3.63, 3.8) is 0 Å². The molecule has 1 unspecified atom stereocenters. The van der Waals surface area contributed by atoms with Crippen LogP contribution in [-0.4, -0.2) is 47.9 Å². The summed E-state index contributed by atoms with van der Waals surface area (Å²) in [5, 5.41) is 8.95. The van der Waals surface area contributed by atoms with Crippen molar-refractivity contribution in [2.75, 3.05) is 20.2 Å². The molecular weight excluding hydrogens is 238 g/mol. The number of piperidine rings is 1. The molecule has 0 spiro atoms. The van der Waals surface area contributed by atoms with Crippen LogP contribution in [0.3, 0.4) is 0 Å². The summed E-state index contributed by atoms with van der Waals surface area (Å²) in [4.78, 5) is 35.3. The second-order valence-electron chi connectivity index (χ2n) is 4.07. The van der Waals surface area contributed by atoms with Crippen LogP contribution < -0.4 is 0 Å². The fourth-order valence-corrected chi connectivity index (χ4v) is 1.92. The molecule has 1 aliphatic heterocycles. The number of carboxylic acids is 1. The van der Waals surface area contributed by atoms with Gasteiger partial charge < -0.3 is 14.7 Å². The van der Waals surface area contributed by atoms with Crippen molar-refractivity contribution in [3.8, 4) is 0 Å². The highest BCUT2D eigenvalue weighted by Gasteiger charge is 2.33. The van der Waals surface area contributed by atoms with E-state index in [4.69, 9.17) is 5.11 Å². The molecule has 0 bridgehead atoms. The summed E-state index contributed by atoms with van der Waals surface area (Å²) in [7, 11) is 1.28. The van der Waals surface area contributed by atoms with Crippen LogP contribution in [0.1, 0.15) is 19.8 Å². The Labute approximate surface area is 105 Å². The second-order valence-corrected chi connectivity index (χ2v) is 4.07. The van der Waals surface area contributed by atoms with E-state index in [1.807, 2.05) is 6.92 Å². The number of allylic oxidation sites excluding steroid dienone is 1. The standard InChI is InChI=1S/C12H17NO5/c1-3-8(6-11(15)18-2)13-5-4-10(14)9(7-13)12(16)17/h6,9H,3-5,7H2,1-2H3,(H,16,17). The SMILES string of the molecule is CCC(=CC(=O)OC)N1CCC(=O)C(C(=O)O)C1. The molecule has 0 aliphatic carbocycles. The number of methoxy groups -OCH3 is 1. The molecule has 1 heterocycles. The van der Waals surface area contributed by atoms with Gasteiger partial charge in [0.1, 0.15) is 5.92 Å². The van der Waals surface area contributed by atoms with Crippen molar-refractivity contribution in [2.24, 2.45) is 5.92 Å². The molecule has 1 atom stereocenters. The van der Waals surface area contributed by atoms with Crippen LogP contribution in [0.4, 0.5) is 0 Å². The number of likely N-dealkylation sites (tertiary alicyclic amines) is 1. The van der Waals surface area contributed by atoms with Gasteiger partial charge in [0.25, 0.3) is 0 Å². The fourth-order valence-electron chi connectivity index (χ4n) is 1.92. The van der Waals surface area contributed by atoms with Gasteiger partial charge in [-0.3, -0.25) is 9.59 Å². The molecule has 100 valence electrons. The first-order valence-corrected chi connectivity index (χ1v) is 5.78. The van der Waals surface area contributed by atoms with Gasteiger partial charge in [-0.25, -0.2) is 4.79 Å². The van der Waals surface area contributed by atoms with E-state index in [2.05, 4.69) is 4.74 Å². The molecule has 0 amide bonds. The summed E-state index contributed by atoms with van der Waals surface area (Å²) < 4.78 is 4.54. The molecule has 0 aromatic heterocycles. The highest BCUT2D eigenvalue weighted by atomic mass is 16.5. The molecule has 1 saturated heterocycles. The lowest BCUT2D eigenvalue weighted by molar-refractivity contribution is -0.148. The van der Waals surface area contributed by atoms with E-state index in [1.54, 1.807) is 4.90 Å². The molecule has 1 N–H and O–H groups in total. The highest BCUT2D eigenvalue weighted by molar-refractivity contribution is 5.99. The minimum atomic E-state index is -1.11. The predicted molar refractivity (Wildman–Crippen MR) is 62.7 cm³/mol. The lowest BCUT2D eigenvalue weighted by atomic mass is 9.96. The summed E-state index contributed by atoms with van der Waals surface area (Å²) in [5.74, 6) is -2.85. The number of ether oxygens (including phenoxy) is 1. The molecule has 0 saturated carbocycles. The third kappa shape index (κ3) is 3.32. The van der Waals surface area contributed by atoms with Gasteiger partial charge in [0.15, 0.2) is 5.78 Å². The number of rotatable bonds is 4. The maximum atomic E-state index is 11.5. The molecule has 18 heavy (non-hydrogen) atoms. The minimum Gasteiger partial charge on any atom is -0.481 e. The van der Waals surface area contributed by atoms with Crippen molar-refractivity contribution in [1.29, 1.82) is 0 Å². The minimum absolute atomic E-state index is 0.116. The van der Waals surface area contributed by atoms with Crippen LogP contribution in [0.25, 0.3) is 0 Å². The number of esters is 1. The number of Topliss-reactive ketones (excluding diaryl/α,β-unsaturated/α-hetero) is 1. The number of aliphatic carboxylic acids is 1. The number of carbonyl (C=O) groups is 3. The lowest BCUT2D eigenvalue weighted by Crippen LogP contribution is -2.43. The molecular formula is C12H17NO5. The van der Waals surface area contributed by atoms with Crippen LogP contribution >= 0.6 is 0 Å². The largest absolute Gasteiger partial charge is 0.481 e. The Hall–Kier alpha value is -1.85. The molecule has 1 rings (SSSR count). The summed E-state index contributed by atoms with van der Waals surface area (Å²) >= 11 is 0. The third-order valence-electron chi connectivity index (χ3n) is 2.97. The maximum Gasteiger partial charge on any atom is 0.332 e. The van der Waals surface area contributed by atoms with E-state index in [9.17, 15) is 14.4 Å². The van der Waals surface area contributed by atoms with Crippen molar-refractivity contribution in [2.45, 2.75) is 19.8 Å². The molecule has 6 nitrogen and oxygen atoms in total. The van der Waals surface area contributed by atoms with Gasteiger partial charge in [-0.1, -0.05) is 6.92 Å².